The molecule has 82 valence electrons. The number of rotatable bonds is 3. The Morgan fingerprint density at radius 3 is 2.06 bits per heavy atom. The van der Waals surface area contributed by atoms with Crippen molar-refractivity contribution in [2.75, 3.05) is 0 Å². The third kappa shape index (κ3) is 4.19. The van der Waals surface area contributed by atoms with Gasteiger partial charge in [-0.1, -0.05) is 59.7 Å². The minimum atomic E-state index is 0. The van der Waals surface area contributed by atoms with E-state index < -0.39 is 0 Å². The zero-order valence-electron chi connectivity index (χ0n) is 10.4. The number of hydrogen-bond donors (Lipinski definition) is 0. The van der Waals surface area contributed by atoms with Crippen molar-refractivity contribution in [2.24, 2.45) is 0 Å². The summed E-state index contributed by atoms with van der Waals surface area (Å²) in [6.45, 7) is 0. The standard InChI is InChI=1S/C16H12N.Li/c17-13-16(11-14-7-3-1-4-8-14)12-15-9-5-2-6-10-15;/h1-12H;/q-1;+1. The average molecular weight is 225 g/mol. The van der Waals surface area contributed by atoms with Crippen LogP contribution < -0.4 is 18.9 Å². The first-order valence-corrected chi connectivity index (χ1v) is 5.45. The monoisotopic (exact) mass is 225 g/mol. The van der Waals surface area contributed by atoms with Crippen LogP contribution in [0.15, 0.2) is 66.2 Å². The summed E-state index contributed by atoms with van der Waals surface area (Å²) in [6.07, 6.45) is 3.76. The van der Waals surface area contributed by atoms with Crippen molar-refractivity contribution in [1.82, 2.24) is 0 Å². The van der Waals surface area contributed by atoms with Crippen LogP contribution in [0.3, 0.4) is 0 Å². The number of nitrogens with zero attached hydrogens (tertiary/aromatic N) is 1. The van der Waals surface area contributed by atoms with E-state index in [1.165, 1.54) is 0 Å². The topological polar surface area (TPSA) is 23.8 Å². The quantitative estimate of drug-likeness (QED) is 0.431. The first-order chi connectivity index (χ1) is 8.38. The van der Waals surface area contributed by atoms with Crippen LogP contribution >= 0.6 is 0 Å². The Kier molecular flexibility index (Phi) is 5.89. The van der Waals surface area contributed by atoms with Crippen LogP contribution in [0.25, 0.3) is 6.08 Å². The Morgan fingerprint density at radius 1 is 0.944 bits per heavy atom. The Hall–Kier alpha value is -1.86. The Morgan fingerprint density at radius 2 is 1.50 bits per heavy atom. The average Bonchev–Trinajstić information content (AvgIpc) is 2.40. The summed E-state index contributed by atoms with van der Waals surface area (Å²) in [5.74, 6) is 0. The molecule has 0 aliphatic rings. The van der Waals surface area contributed by atoms with E-state index in [1.54, 1.807) is 0 Å². The van der Waals surface area contributed by atoms with Gasteiger partial charge in [0.1, 0.15) is 0 Å². The molecule has 0 aromatic heterocycles. The molecule has 0 heterocycles. The van der Waals surface area contributed by atoms with Crippen molar-refractivity contribution in [3.05, 3.63) is 83.8 Å². The second-order valence-corrected chi connectivity index (χ2v) is 3.68. The molecule has 1 nitrogen and oxygen atoms in total. The summed E-state index contributed by atoms with van der Waals surface area (Å²) in [7, 11) is 0. The van der Waals surface area contributed by atoms with Gasteiger partial charge in [0.15, 0.2) is 0 Å². The molecule has 2 aromatic carbocycles. The second-order valence-electron chi connectivity index (χ2n) is 3.68. The fourth-order valence-corrected chi connectivity index (χ4v) is 1.56. The predicted octanol–water partition coefficient (Wildman–Crippen LogP) is 0.850. The van der Waals surface area contributed by atoms with Crippen LogP contribution in [0, 0.1) is 17.8 Å². The number of nitriles is 1. The van der Waals surface area contributed by atoms with Crippen LogP contribution in [0.5, 0.6) is 0 Å². The summed E-state index contributed by atoms with van der Waals surface area (Å²) in [6, 6.07) is 21.9. The first-order valence-electron chi connectivity index (χ1n) is 5.45. The summed E-state index contributed by atoms with van der Waals surface area (Å²) >= 11 is 0. The molecule has 0 saturated carbocycles. The zero-order valence-corrected chi connectivity index (χ0v) is 10.4. The minimum absolute atomic E-state index is 0. The molecule has 0 amide bonds. The molecular weight excluding hydrogens is 213 g/mol. The summed E-state index contributed by atoms with van der Waals surface area (Å²) in [5.41, 5.74) is 2.73. The Labute approximate surface area is 120 Å². The molecular formula is C16H12LiN. The number of hydrogen-bond acceptors (Lipinski definition) is 1. The van der Waals surface area contributed by atoms with Gasteiger partial charge in [0.05, 0.1) is 0 Å². The summed E-state index contributed by atoms with van der Waals surface area (Å²) in [4.78, 5) is 0. The van der Waals surface area contributed by atoms with Crippen LogP contribution in [0.1, 0.15) is 11.1 Å². The third-order valence-electron chi connectivity index (χ3n) is 2.37. The molecule has 0 spiro atoms. The van der Waals surface area contributed by atoms with Gasteiger partial charge < -0.3 is 0 Å². The van der Waals surface area contributed by atoms with E-state index in [9.17, 15) is 0 Å². The molecule has 0 bridgehead atoms. The Balaban J connectivity index is 0.00000162. The van der Waals surface area contributed by atoms with Gasteiger partial charge in [0.2, 0.25) is 0 Å². The van der Waals surface area contributed by atoms with Crippen molar-refractivity contribution in [3.8, 4) is 6.07 Å². The molecule has 2 aromatic rings. The minimum Gasteiger partial charge on any atom is -0.248 e. The van der Waals surface area contributed by atoms with Gasteiger partial charge in [-0.3, -0.25) is 0 Å². The van der Waals surface area contributed by atoms with Gasteiger partial charge in [-0.05, 0) is 6.07 Å². The van der Waals surface area contributed by atoms with Crippen molar-refractivity contribution < 1.29 is 18.9 Å². The maximum absolute atomic E-state index is 9.10. The molecule has 0 saturated heterocycles. The zero-order chi connectivity index (χ0) is 11.9. The largest absolute Gasteiger partial charge is 1.00 e. The van der Waals surface area contributed by atoms with E-state index in [-0.39, 0.29) is 18.9 Å². The Bertz CT molecular complexity index is 538. The van der Waals surface area contributed by atoms with E-state index in [4.69, 9.17) is 5.26 Å². The van der Waals surface area contributed by atoms with Crippen LogP contribution in [0.2, 0.25) is 0 Å². The SMILES string of the molecule is N#CC(=Cc1ccccc1)[CH-]c1ccccc1.[Li+]. The number of allylic oxidation sites excluding steroid dienone is 1. The van der Waals surface area contributed by atoms with Crippen molar-refractivity contribution >= 4 is 6.08 Å². The molecule has 18 heavy (non-hydrogen) atoms. The third-order valence-corrected chi connectivity index (χ3v) is 2.37. The molecule has 0 aliphatic carbocycles. The van der Waals surface area contributed by atoms with Gasteiger partial charge in [0, 0.05) is 0 Å². The van der Waals surface area contributed by atoms with E-state index >= 15 is 0 Å². The van der Waals surface area contributed by atoms with Gasteiger partial charge in [0.25, 0.3) is 0 Å². The van der Waals surface area contributed by atoms with Crippen LogP contribution in [0.4, 0.5) is 0 Å². The van der Waals surface area contributed by atoms with Crippen LogP contribution in [-0.4, -0.2) is 0 Å². The van der Waals surface area contributed by atoms with E-state index in [0.717, 1.165) is 11.1 Å². The molecule has 2 heteroatoms. The van der Waals surface area contributed by atoms with E-state index in [1.807, 2.05) is 73.2 Å². The molecule has 0 radical (unpaired) electrons. The molecule has 0 aliphatic heterocycles. The fourth-order valence-electron chi connectivity index (χ4n) is 1.56. The smallest absolute Gasteiger partial charge is 0.248 e. The maximum atomic E-state index is 9.10. The summed E-state index contributed by atoms with van der Waals surface area (Å²) < 4.78 is 0. The van der Waals surface area contributed by atoms with Crippen molar-refractivity contribution in [2.45, 2.75) is 0 Å². The number of benzene rings is 2. The van der Waals surface area contributed by atoms with Gasteiger partial charge >= 0.3 is 18.9 Å². The van der Waals surface area contributed by atoms with Crippen molar-refractivity contribution in [1.29, 1.82) is 5.26 Å². The van der Waals surface area contributed by atoms with Gasteiger partial charge in [-0.2, -0.15) is 0 Å². The molecule has 2 rings (SSSR count). The van der Waals surface area contributed by atoms with E-state index in [2.05, 4.69) is 6.07 Å². The molecule has 0 unspecified atom stereocenters. The second kappa shape index (κ2) is 7.46. The van der Waals surface area contributed by atoms with Gasteiger partial charge in [-0.15, -0.1) is 30.2 Å². The fraction of sp³-hybridized carbons (Fsp3) is 0. The van der Waals surface area contributed by atoms with Crippen molar-refractivity contribution in [3.63, 3.8) is 0 Å². The first kappa shape index (κ1) is 14.2. The van der Waals surface area contributed by atoms with E-state index in [0.29, 0.717) is 5.57 Å². The maximum Gasteiger partial charge on any atom is 1.00 e. The normalized spacial score (nSPS) is 10.1. The molecule has 0 N–H and O–H groups in total. The summed E-state index contributed by atoms with van der Waals surface area (Å²) in [5, 5.41) is 9.10. The molecule has 0 atom stereocenters. The molecule has 0 fully saturated rings. The van der Waals surface area contributed by atoms with Gasteiger partial charge in [-0.25, -0.2) is 5.26 Å². The predicted molar refractivity (Wildman–Crippen MR) is 69.9 cm³/mol. The van der Waals surface area contributed by atoms with Crippen LogP contribution in [-0.2, 0) is 0 Å².